The second kappa shape index (κ2) is 9.68. The number of nitrogens with zero attached hydrogens (tertiary/aromatic N) is 1. The lowest BCUT2D eigenvalue weighted by atomic mass is 10.1. The van der Waals surface area contributed by atoms with Crippen molar-refractivity contribution >= 4 is 21.9 Å². The number of sulfonamides is 1. The predicted octanol–water partition coefficient (Wildman–Crippen LogP) is 1.77. The summed E-state index contributed by atoms with van der Waals surface area (Å²) < 4.78 is 26.4. The molecule has 7 nitrogen and oxygen atoms in total. The quantitative estimate of drug-likeness (QED) is 0.600. The number of unbranched alkanes of at least 4 members (excludes halogenated alkanes) is 1. The maximum atomic E-state index is 12.5. The van der Waals surface area contributed by atoms with Crippen molar-refractivity contribution < 1.29 is 23.1 Å². The second-order valence-electron chi connectivity index (χ2n) is 6.46. The van der Waals surface area contributed by atoms with Crippen LogP contribution in [0.2, 0.25) is 0 Å². The van der Waals surface area contributed by atoms with Crippen LogP contribution in [0.5, 0.6) is 0 Å². The zero-order valence-corrected chi connectivity index (χ0v) is 15.6. The van der Waals surface area contributed by atoms with Gasteiger partial charge in [-0.05, 0) is 49.8 Å². The van der Waals surface area contributed by atoms with Crippen molar-refractivity contribution in [3.63, 3.8) is 0 Å². The van der Waals surface area contributed by atoms with Gasteiger partial charge in [-0.3, -0.25) is 9.59 Å². The number of aryl methyl sites for hydroxylation is 1. The Bertz CT molecular complexity index is 710. The Hall–Kier alpha value is -1.93. The van der Waals surface area contributed by atoms with Gasteiger partial charge in [-0.2, -0.15) is 4.31 Å². The molecule has 1 aromatic carbocycles. The molecule has 1 fully saturated rings. The fraction of sp³-hybridized carbons (Fsp3) is 0.556. The van der Waals surface area contributed by atoms with E-state index in [4.69, 9.17) is 5.11 Å². The first-order chi connectivity index (χ1) is 12.4. The summed E-state index contributed by atoms with van der Waals surface area (Å²) in [6.07, 6.45) is 3.96. The zero-order chi connectivity index (χ0) is 19.0. The van der Waals surface area contributed by atoms with E-state index in [0.29, 0.717) is 50.2 Å². The minimum absolute atomic E-state index is 0.0888. The molecule has 0 unspecified atom stereocenters. The number of nitrogens with one attached hydrogen (secondary N) is 1. The van der Waals surface area contributed by atoms with Gasteiger partial charge < -0.3 is 10.4 Å². The van der Waals surface area contributed by atoms with E-state index in [1.807, 2.05) is 0 Å². The minimum Gasteiger partial charge on any atom is -0.481 e. The van der Waals surface area contributed by atoms with Gasteiger partial charge in [0.05, 0.1) is 4.90 Å². The third-order valence-electron chi connectivity index (χ3n) is 4.41. The van der Waals surface area contributed by atoms with Gasteiger partial charge in [0, 0.05) is 32.5 Å². The molecule has 1 amide bonds. The second-order valence-corrected chi connectivity index (χ2v) is 8.39. The maximum Gasteiger partial charge on any atom is 0.303 e. The van der Waals surface area contributed by atoms with E-state index in [1.54, 1.807) is 24.3 Å². The van der Waals surface area contributed by atoms with Crippen molar-refractivity contribution in [2.75, 3.05) is 19.6 Å². The standard InChI is InChI=1S/C18H26N2O5S/c21-17(19-12-2-1-5-18(22)23)11-8-15-6-9-16(10-7-15)26(24,25)20-13-3-4-14-20/h6-7,9-10H,1-5,8,11-14H2,(H,19,21)(H,22,23). The number of amides is 1. The summed E-state index contributed by atoms with van der Waals surface area (Å²) in [5.74, 6) is -0.916. The number of aliphatic carboxylic acids is 1. The van der Waals surface area contributed by atoms with Crippen molar-refractivity contribution in [2.45, 2.75) is 49.8 Å². The van der Waals surface area contributed by atoms with Gasteiger partial charge in [-0.15, -0.1) is 0 Å². The fourth-order valence-corrected chi connectivity index (χ4v) is 4.40. The molecule has 8 heteroatoms. The van der Waals surface area contributed by atoms with Crippen molar-refractivity contribution in [1.82, 2.24) is 9.62 Å². The lowest BCUT2D eigenvalue weighted by molar-refractivity contribution is -0.137. The Morgan fingerprint density at radius 1 is 1.04 bits per heavy atom. The largest absolute Gasteiger partial charge is 0.481 e. The van der Waals surface area contributed by atoms with Crippen LogP contribution < -0.4 is 5.32 Å². The van der Waals surface area contributed by atoms with Gasteiger partial charge in [0.15, 0.2) is 0 Å². The maximum absolute atomic E-state index is 12.5. The number of benzene rings is 1. The van der Waals surface area contributed by atoms with Crippen LogP contribution in [0.25, 0.3) is 0 Å². The van der Waals surface area contributed by atoms with Crippen LogP contribution in [0, 0.1) is 0 Å². The van der Waals surface area contributed by atoms with Gasteiger partial charge in [-0.25, -0.2) is 8.42 Å². The Kier molecular flexibility index (Phi) is 7.59. The van der Waals surface area contributed by atoms with Crippen LogP contribution in [0.15, 0.2) is 29.2 Å². The van der Waals surface area contributed by atoms with E-state index in [-0.39, 0.29) is 12.3 Å². The average molecular weight is 382 g/mol. The molecule has 0 bridgehead atoms. The highest BCUT2D eigenvalue weighted by molar-refractivity contribution is 7.89. The van der Waals surface area contributed by atoms with Gasteiger partial charge in [0.25, 0.3) is 0 Å². The third-order valence-corrected chi connectivity index (χ3v) is 6.32. The molecule has 0 saturated carbocycles. The smallest absolute Gasteiger partial charge is 0.303 e. The molecule has 1 aromatic rings. The molecule has 0 radical (unpaired) electrons. The third kappa shape index (κ3) is 6.10. The summed E-state index contributed by atoms with van der Waals surface area (Å²) in [6.45, 7) is 1.63. The van der Waals surface area contributed by atoms with Crippen molar-refractivity contribution in [2.24, 2.45) is 0 Å². The van der Waals surface area contributed by atoms with Crippen molar-refractivity contribution in [3.05, 3.63) is 29.8 Å². The van der Waals surface area contributed by atoms with E-state index < -0.39 is 16.0 Å². The van der Waals surface area contributed by atoms with Gasteiger partial charge >= 0.3 is 5.97 Å². The first-order valence-electron chi connectivity index (χ1n) is 8.97. The first kappa shape index (κ1) is 20.4. The summed E-state index contributed by atoms with van der Waals surface area (Å²) >= 11 is 0. The Morgan fingerprint density at radius 2 is 1.69 bits per heavy atom. The number of carboxylic acid groups (broad SMARTS) is 1. The molecule has 144 valence electrons. The fourth-order valence-electron chi connectivity index (χ4n) is 2.88. The van der Waals surface area contributed by atoms with Crippen LogP contribution in [0.1, 0.15) is 44.1 Å². The molecular formula is C18H26N2O5S. The number of carbonyl (C=O) groups is 2. The van der Waals surface area contributed by atoms with E-state index in [0.717, 1.165) is 18.4 Å². The lowest BCUT2D eigenvalue weighted by Crippen LogP contribution is -2.27. The summed E-state index contributed by atoms with van der Waals surface area (Å²) in [6, 6.07) is 6.71. The van der Waals surface area contributed by atoms with E-state index in [1.165, 1.54) is 4.31 Å². The molecule has 2 N–H and O–H groups in total. The molecule has 0 aromatic heterocycles. The molecule has 2 rings (SSSR count). The highest BCUT2D eigenvalue weighted by Crippen LogP contribution is 2.21. The SMILES string of the molecule is O=C(O)CCCCNC(=O)CCc1ccc(S(=O)(=O)N2CCCC2)cc1. The molecule has 0 spiro atoms. The minimum atomic E-state index is -3.40. The first-order valence-corrected chi connectivity index (χ1v) is 10.4. The Balaban J connectivity index is 1.75. The van der Waals surface area contributed by atoms with Crippen LogP contribution >= 0.6 is 0 Å². The molecule has 1 saturated heterocycles. The van der Waals surface area contributed by atoms with E-state index >= 15 is 0 Å². The van der Waals surface area contributed by atoms with Gasteiger partial charge in [0.2, 0.25) is 15.9 Å². The van der Waals surface area contributed by atoms with E-state index in [2.05, 4.69) is 5.32 Å². The molecule has 0 aliphatic carbocycles. The molecule has 0 atom stereocenters. The number of hydrogen-bond acceptors (Lipinski definition) is 4. The van der Waals surface area contributed by atoms with Crippen LogP contribution in [-0.2, 0) is 26.0 Å². The molecular weight excluding hydrogens is 356 g/mol. The highest BCUT2D eigenvalue weighted by Gasteiger charge is 2.26. The van der Waals surface area contributed by atoms with Crippen molar-refractivity contribution in [1.29, 1.82) is 0 Å². The Labute approximate surface area is 154 Å². The topological polar surface area (TPSA) is 104 Å². The number of rotatable bonds is 10. The highest BCUT2D eigenvalue weighted by atomic mass is 32.2. The molecule has 1 aliphatic heterocycles. The van der Waals surface area contributed by atoms with Gasteiger partial charge in [0.1, 0.15) is 0 Å². The predicted molar refractivity (Wildman–Crippen MR) is 97.3 cm³/mol. The molecule has 1 heterocycles. The monoisotopic (exact) mass is 382 g/mol. The normalized spacial score (nSPS) is 15.1. The summed E-state index contributed by atoms with van der Waals surface area (Å²) in [4.78, 5) is 22.5. The van der Waals surface area contributed by atoms with Crippen LogP contribution in [0.4, 0.5) is 0 Å². The van der Waals surface area contributed by atoms with Crippen LogP contribution in [-0.4, -0.2) is 49.3 Å². The summed E-state index contributed by atoms with van der Waals surface area (Å²) in [7, 11) is -3.40. The molecule has 26 heavy (non-hydrogen) atoms. The zero-order valence-electron chi connectivity index (χ0n) is 14.8. The summed E-state index contributed by atoms with van der Waals surface area (Å²) in [5, 5.41) is 11.3. The van der Waals surface area contributed by atoms with Gasteiger partial charge in [-0.1, -0.05) is 12.1 Å². The number of hydrogen-bond donors (Lipinski definition) is 2. The lowest BCUT2D eigenvalue weighted by Gasteiger charge is -2.15. The van der Waals surface area contributed by atoms with Crippen LogP contribution in [0.3, 0.4) is 0 Å². The Morgan fingerprint density at radius 3 is 2.31 bits per heavy atom. The number of carboxylic acids is 1. The number of carbonyl (C=O) groups excluding carboxylic acids is 1. The van der Waals surface area contributed by atoms with Crippen molar-refractivity contribution in [3.8, 4) is 0 Å². The molecule has 1 aliphatic rings. The summed E-state index contributed by atoms with van der Waals surface area (Å²) in [5.41, 5.74) is 0.909. The van der Waals surface area contributed by atoms with E-state index in [9.17, 15) is 18.0 Å². The average Bonchev–Trinajstić information content (AvgIpc) is 3.15.